The lowest BCUT2D eigenvalue weighted by atomic mass is 10.1. The third-order valence-corrected chi connectivity index (χ3v) is 3.96. The average molecular weight is 335 g/mol. The molecular weight excluding hydrogens is 314 g/mol. The van der Waals surface area contributed by atoms with Crippen LogP contribution < -0.4 is 5.32 Å². The second-order valence-electron chi connectivity index (χ2n) is 5.82. The van der Waals surface area contributed by atoms with E-state index in [0.29, 0.717) is 18.9 Å². The maximum Gasteiger partial charge on any atom is 0.227 e. The van der Waals surface area contributed by atoms with Crippen LogP contribution in [0.15, 0.2) is 60.7 Å². The van der Waals surface area contributed by atoms with Crippen LogP contribution in [0.3, 0.4) is 0 Å². The van der Waals surface area contributed by atoms with E-state index in [1.807, 2.05) is 36.4 Å². The van der Waals surface area contributed by atoms with Crippen LogP contribution in [-0.4, -0.2) is 32.7 Å². The van der Waals surface area contributed by atoms with Gasteiger partial charge in [-0.3, -0.25) is 4.79 Å². The van der Waals surface area contributed by atoms with Crippen molar-refractivity contribution in [2.75, 3.05) is 6.54 Å². The monoisotopic (exact) mass is 335 g/mol. The second kappa shape index (κ2) is 8.73. The number of aryl methyl sites for hydroxylation is 2. The first kappa shape index (κ1) is 16.8. The van der Waals surface area contributed by atoms with Gasteiger partial charge >= 0.3 is 0 Å². The van der Waals surface area contributed by atoms with Crippen LogP contribution in [0.1, 0.15) is 17.0 Å². The van der Waals surface area contributed by atoms with Crippen molar-refractivity contribution in [1.29, 1.82) is 0 Å². The summed E-state index contributed by atoms with van der Waals surface area (Å²) in [4.78, 5) is 12.1. The van der Waals surface area contributed by atoms with Crippen molar-refractivity contribution in [2.24, 2.45) is 0 Å². The van der Waals surface area contributed by atoms with Crippen molar-refractivity contribution in [3.05, 3.63) is 77.6 Å². The molecule has 0 spiro atoms. The molecule has 0 unspecified atom stereocenters. The number of aromatic nitrogens is 4. The summed E-state index contributed by atoms with van der Waals surface area (Å²) in [7, 11) is 0. The van der Waals surface area contributed by atoms with Crippen LogP contribution in [0, 0.1) is 0 Å². The van der Waals surface area contributed by atoms with E-state index in [4.69, 9.17) is 0 Å². The molecule has 0 bridgehead atoms. The zero-order chi connectivity index (χ0) is 17.3. The molecule has 3 aromatic rings. The number of hydrogen-bond acceptors (Lipinski definition) is 4. The van der Waals surface area contributed by atoms with Gasteiger partial charge in [0, 0.05) is 13.1 Å². The van der Waals surface area contributed by atoms with Gasteiger partial charge in [0.2, 0.25) is 5.91 Å². The summed E-state index contributed by atoms with van der Waals surface area (Å²) in [5.74, 6) is 0.528. The molecule has 0 atom stereocenters. The van der Waals surface area contributed by atoms with E-state index in [1.165, 1.54) is 11.1 Å². The largest absolute Gasteiger partial charge is 0.355 e. The fraction of sp³-hybridized carbons (Fsp3) is 0.263. The smallest absolute Gasteiger partial charge is 0.227 e. The fourth-order valence-electron chi connectivity index (χ4n) is 2.60. The summed E-state index contributed by atoms with van der Waals surface area (Å²) in [5.41, 5.74) is 2.42. The van der Waals surface area contributed by atoms with Gasteiger partial charge in [-0.2, -0.15) is 0 Å². The molecule has 0 aliphatic carbocycles. The molecule has 0 aliphatic heterocycles. The van der Waals surface area contributed by atoms with Gasteiger partial charge in [-0.15, -0.1) is 5.10 Å². The highest BCUT2D eigenvalue weighted by Crippen LogP contribution is 2.03. The predicted molar refractivity (Wildman–Crippen MR) is 94.8 cm³/mol. The lowest BCUT2D eigenvalue weighted by Crippen LogP contribution is -2.28. The summed E-state index contributed by atoms with van der Waals surface area (Å²) in [5, 5.41) is 14.6. The Kier molecular flexibility index (Phi) is 5.87. The molecular formula is C19H21N5O. The highest BCUT2D eigenvalue weighted by molar-refractivity contribution is 5.77. The van der Waals surface area contributed by atoms with E-state index in [1.54, 1.807) is 4.68 Å². The van der Waals surface area contributed by atoms with Crippen LogP contribution in [-0.2, 0) is 30.6 Å². The van der Waals surface area contributed by atoms with E-state index in [0.717, 1.165) is 12.8 Å². The Labute approximate surface area is 146 Å². The molecule has 1 N–H and O–H groups in total. The number of tetrazole rings is 1. The van der Waals surface area contributed by atoms with E-state index >= 15 is 0 Å². The lowest BCUT2D eigenvalue weighted by molar-refractivity contribution is -0.120. The Morgan fingerprint density at radius 2 is 1.56 bits per heavy atom. The zero-order valence-corrected chi connectivity index (χ0v) is 14.0. The molecule has 1 aromatic heterocycles. The average Bonchev–Trinajstić information content (AvgIpc) is 3.09. The minimum atomic E-state index is -0.0632. The van der Waals surface area contributed by atoms with Crippen molar-refractivity contribution < 1.29 is 4.79 Å². The first-order chi connectivity index (χ1) is 12.3. The Bertz CT molecular complexity index is 786. The second-order valence-corrected chi connectivity index (χ2v) is 5.82. The summed E-state index contributed by atoms with van der Waals surface area (Å²) in [6, 6.07) is 20.2. The van der Waals surface area contributed by atoms with E-state index < -0.39 is 0 Å². The van der Waals surface area contributed by atoms with Crippen molar-refractivity contribution >= 4 is 5.91 Å². The van der Waals surface area contributed by atoms with E-state index in [9.17, 15) is 4.79 Å². The first-order valence-electron chi connectivity index (χ1n) is 8.41. The molecule has 128 valence electrons. The summed E-state index contributed by atoms with van der Waals surface area (Å²) in [6.45, 7) is 1.26. The molecule has 3 rings (SSSR count). The van der Waals surface area contributed by atoms with Gasteiger partial charge in [0.15, 0.2) is 5.82 Å². The van der Waals surface area contributed by atoms with Crippen LogP contribution in [0.5, 0.6) is 0 Å². The van der Waals surface area contributed by atoms with Crippen molar-refractivity contribution in [1.82, 2.24) is 25.5 Å². The number of nitrogens with zero attached hydrogens (tertiary/aromatic N) is 4. The normalized spacial score (nSPS) is 10.6. The summed E-state index contributed by atoms with van der Waals surface area (Å²) < 4.78 is 1.70. The molecule has 0 radical (unpaired) electrons. The molecule has 1 heterocycles. The third kappa shape index (κ3) is 5.24. The minimum Gasteiger partial charge on any atom is -0.355 e. The van der Waals surface area contributed by atoms with Crippen LogP contribution in [0.25, 0.3) is 0 Å². The van der Waals surface area contributed by atoms with Gasteiger partial charge in [-0.25, -0.2) is 4.68 Å². The van der Waals surface area contributed by atoms with Gasteiger partial charge in [0.05, 0.1) is 6.42 Å². The number of benzene rings is 2. The molecule has 0 aliphatic rings. The Morgan fingerprint density at radius 3 is 2.24 bits per heavy atom. The number of carbonyl (C=O) groups excluding carboxylic acids is 1. The number of amides is 1. The molecule has 6 nitrogen and oxygen atoms in total. The molecule has 6 heteroatoms. The van der Waals surface area contributed by atoms with Crippen LogP contribution in [0.4, 0.5) is 0 Å². The van der Waals surface area contributed by atoms with E-state index in [2.05, 4.69) is 45.1 Å². The Hall–Kier alpha value is -3.02. The minimum absolute atomic E-state index is 0.0632. The highest BCUT2D eigenvalue weighted by Gasteiger charge is 2.11. The van der Waals surface area contributed by atoms with Crippen LogP contribution >= 0.6 is 0 Å². The van der Waals surface area contributed by atoms with Crippen molar-refractivity contribution in [2.45, 2.75) is 25.8 Å². The highest BCUT2D eigenvalue weighted by atomic mass is 16.1. The van der Waals surface area contributed by atoms with Gasteiger partial charge in [-0.05, 0) is 34.4 Å². The number of rotatable bonds is 8. The topological polar surface area (TPSA) is 72.7 Å². The maximum absolute atomic E-state index is 12.1. The SMILES string of the molecule is O=C(Cc1nnnn1CCc1ccccc1)NCCc1ccccc1. The van der Waals surface area contributed by atoms with Gasteiger partial charge < -0.3 is 5.32 Å². The molecule has 0 saturated carbocycles. The Balaban J connectivity index is 1.46. The Morgan fingerprint density at radius 1 is 0.920 bits per heavy atom. The number of nitrogens with one attached hydrogen (secondary N) is 1. The quantitative estimate of drug-likeness (QED) is 0.681. The van der Waals surface area contributed by atoms with E-state index in [-0.39, 0.29) is 12.3 Å². The van der Waals surface area contributed by atoms with Crippen molar-refractivity contribution in [3.8, 4) is 0 Å². The molecule has 0 fully saturated rings. The van der Waals surface area contributed by atoms with Gasteiger partial charge in [0.1, 0.15) is 0 Å². The maximum atomic E-state index is 12.1. The fourth-order valence-corrected chi connectivity index (χ4v) is 2.60. The standard InChI is InChI=1S/C19H21N5O/c25-19(20-13-11-16-7-3-1-4-8-16)15-18-21-22-23-24(18)14-12-17-9-5-2-6-10-17/h1-10H,11-15H2,(H,20,25). The number of hydrogen-bond donors (Lipinski definition) is 1. The molecule has 0 saturated heterocycles. The molecule has 1 amide bonds. The van der Waals surface area contributed by atoms with Gasteiger partial charge in [0.25, 0.3) is 0 Å². The van der Waals surface area contributed by atoms with Gasteiger partial charge in [-0.1, -0.05) is 60.7 Å². The zero-order valence-electron chi connectivity index (χ0n) is 14.0. The molecule has 2 aromatic carbocycles. The molecule has 25 heavy (non-hydrogen) atoms. The summed E-state index contributed by atoms with van der Waals surface area (Å²) >= 11 is 0. The first-order valence-corrected chi connectivity index (χ1v) is 8.41. The number of carbonyl (C=O) groups is 1. The van der Waals surface area contributed by atoms with Crippen LogP contribution in [0.2, 0.25) is 0 Å². The lowest BCUT2D eigenvalue weighted by Gasteiger charge is -2.06. The third-order valence-electron chi connectivity index (χ3n) is 3.96. The predicted octanol–water partition coefficient (Wildman–Crippen LogP) is 1.82. The summed E-state index contributed by atoms with van der Waals surface area (Å²) in [6.07, 6.45) is 1.83. The van der Waals surface area contributed by atoms with Crippen molar-refractivity contribution in [3.63, 3.8) is 0 Å².